The van der Waals surface area contributed by atoms with Gasteiger partial charge >= 0.3 is 23.9 Å². The van der Waals surface area contributed by atoms with Gasteiger partial charge in [0.05, 0.1) is 81.6 Å². The number of amides is 3. The number of H-pyrrole nitrogens is 1. The molecule has 33 heteroatoms. The van der Waals surface area contributed by atoms with Gasteiger partial charge in [-0.15, -0.1) is 17.1 Å². The molecule has 3 aliphatic heterocycles. The number of likely N-dealkylation sites (tertiary alicyclic amines) is 3. The molecule has 6 atom stereocenters. The van der Waals surface area contributed by atoms with E-state index in [2.05, 4.69) is 40.6 Å². The molecule has 11 aromatic rings. The quantitative estimate of drug-likeness (QED) is 0.0153. The van der Waals surface area contributed by atoms with Crippen LogP contribution in [0.5, 0.6) is 0 Å². The summed E-state index contributed by atoms with van der Waals surface area (Å²) in [5.41, 5.74) is 8.26. The van der Waals surface area contributed by atoms with E-state index in [1.165, 1.54) is 0 Å². The van der Waals surface area contributed by atoms with E-state index < -0.39 is 58.6 Å². The van der Waals surface area contributed by atoms with E-state index in [-0.39, 0.29) is 104 Å². The molecule has 134 heavy (non-hydrogen) atoms. The Labute approximate surface area is 853 Å². The van der Waals surface area contributed by atoms with Crippen LogP contribution in [-0.4, -0.2) is 153 Å². The molecule has 3 amide bonds. The molecular weight excluding hydrogens is 2020 g/mol. The number of halogens is 9. The molecule has 0 spiro atoms. The normalized spacial score (nSPS) is 17.5. The van der Waals surface area contributed by atoms with Crippen molar-refractivity contribution < 1.29 is 103 Å². The third kappa shape index (κ3) is 27.8. The maximum atomic E-state index is 14.1. The number of hydrogen-bond acceptors (Lipinski definition) is 13. The van der Waals surface area contributed by atoms with Crippen LogP contribution in [0.3, 0.4) is 0 Å². The topological polar surface area (TPSA) is 305 Å². The number of nitrogens with zero attached hydrogens (tertiary/aromatic N) is 9. The first-order valence-corrected chi connectivity index (χ1v) is 45.7. The third-order valence-electron chi connectivity index (χ3n) is 23.5. The number of carboxylic acid groups (broad SMARTS) is 4. The van der Waals surface area contributed by atoms with Crippen LogP contribution < -0.4 is 0 Å². The second-order valence-corrected chi connectivity index (χ2v) is 36.7. The standard InChI is InChI=1S/C37H33Cl3N4O3.C33H34Cl3N3O3.C31H30Cl3N3O5.3Ni/c1-37(16-7-17-44(37)22-23-12-14-29(39)30(40)18-23)36(47)43-32-15-13-26(38)20-28(32)34(24-8-3-2-4-9-24)42-33(35(45)46)19-25-21-41-31-11-6-5-10-27(25)31;1-21(2)10-14-29(31(40)41)37-30(23-8-5-4-6-9-23)25-19-24(34)12-15-28(25)38-32(42)33(3)16-7-17-39(33)20-22-11-13-26(35)27(36)18-22;1-31(14-5-15-37(31)18-19-8-10-23(33)24(34)16-19)30(42)36-25-11-9-21(32)17-22(25)28(20-6-3-2-4-7-20)35-26(29(40)41)12-13-27(38)39;;;/h2-6,8-15,18,20-21,33,41H,7,16-17,19,22H2,1H3,(H2,42,43,45,46,47);4-6,8-13,15,18-19,29H,7,14,16-17,20H2,1-3H3,(H2,37,38,40,41,42);2-4,6-11,16-17,26H,5,12-15,18H2,1H3,(H3,35,36,38,39,40,41,42);;;/p-3/t33-,37+;29-,33+;26-,31+;;;/m111.../s1. The fourth-order valence-corrected chi connectivity index (χ4v) is 17.6. The Kier molecular flexibility index (Phi) is 40.2. The van der Waals surface area contributed by atoms with Gasteiger partial charge in [-0.2, -0.15) is 0 Å². The Morgan fingerprint density at radius 3 is 1.07 bits per heavy atom. The molecule has 4 heterocycles. The average molecular weight is 2120 g/mol. The number of aliphatic imine (C=N–C) groups is 3. The Balaban J connectivity index is 0.000000224. The molecule has 1 aromatic heterocycles. The van der Waals surface area contributed by atoms with Crippen LogP contribution in [0.25, 0.3) is 26.9 Å². The van der Waals surface area contributed by atoms with Gasteiger partial charge in [-0.3, -0.25) is 34.5 Å². The number of allylic oxidation sites excluding steroid dienone is 1. The molecule has 3 saturated heterocycles. The van der Waals surface area contributed by atoms with Crippen molar-refractivity contribution in [1.82, 2.24) is 19.7 Å². The zero-order valence-electron chi connectivity index (χ0n) is 73.1. The number of carbonyl (C=O) groups excluding carboxylic acids is 3. The van der Waals surface area contributed by atoms with Crippen molar-refractivity contribution in [1.29, 1.82) is 0 Å². The van der Waals surface area contributed by atoms with Crippen LogP contribution in [0.4, 0.5) is 17.1 Å². The van der Waals surface area contributed by atoms with Gasteiger partial charge in [0.2, 0.25) is 0 Å². The smallest absolute Gasteiger partial charge is 0.328 e. The molecule has 5 N–H and O–H groups in total. The van der Waals surface area contributed by atoms with Crippen molar-refractivity contribution in [2.75, 3.05) is 19.6 Å². The second kappa shape index (κ2) is 49.7. The number of hydrogen-bond donors (Lipinski definition) is 5. The van der Waals surface area contributed by atoms with Crippen LogP contribution >= 0.6 is 104 Å². The third-order valence-corrected chi connectivity index (χ3v) is 26.4. The number of aliphatic carboxylic acids is 4. The van der Waals surface area contributed by atoms with Crippen LogP contribution in [0.15, 0.2) is 257 Å². The van der Waals surface area contributed by atoms with Crippen molar-refractivity contribution >= 4 is 191 Å². The van der Waals surface area contributed by atoms with Gasteiger partial charge in [0, 0.05) is 131 Å². The summed E-state index contributed by atoms with van der Waals surface area (Å²) in [6.45, 7) is 13.1. The van der Waals surface area contributed by atoms with E-state index in [0.29, 0.717) is 147 Å². The predicted molar refractivity (Wildman–Crippen MR) is 525 cm³/mol. The first-order valence-electron chi connectivity index (χ1n) is 42.3. The first-order chi connectivity index (χ1) is 62.6. The Morgan fingerprint density at radius 2 is 0.739 bits per heavy atom. The number of aromatic amines is 1. The molecule has 21 nitrogen and oxygen atoms in total. The summed E-state index contributed by atoms with van der Waals surface area (Å²) in [6, 6.07) is 62.8. The van der Waals surface area contributed by atoms with Crippen molar-refractivity contribution in [3.8, 4) is 0 Å². The van der Waals surface area contributed by atoms with Gasteiger partial charge in [0.25, 0.3) is 0 Å². The van der Waals surface area contributed by atoms with Gasteiger partial charge in [-0.1, -0.05) is 262 Å². The molecule has 0 saturated carbocycles. The molecule has 3 fully saturated rings. The predicted octanol–water partition coefficient (Wildman–Crippen LogP) is 25.5. The number of nitrogens with one attached hydrogen (secondary N) is 1. The van der Waals surface area contributed by atoms with E-state index >= 15 is 0 Å². The minimum absolute atomic E-state index is 0. The van der Waals surface area contributed by atoms with E-state index in [9.17, 15) is 48.9 Å². The van der Waals surface area contributed by atoms with Crippen molar-refractivity contribution in [2.45, 2.75) is 153 Å². The van der Waals surface area contributed by atoms with Gasteiger partial charge in [0.1, 0.15) is 6.04 Å². The van der Waals surface area contributed by atoms with Crippen LogP contribution in [0.1, 0.15) is 148 Å². The SMILES string of the molecule is CC(C)=CC[C@@H](N=C(c1ccccc1)c1cc(Cl)ccc1[N-]C(=O)[C@]1(C)CCCN1Cc1ccc(Cl)c(Cl)c1)C(=O)O.C[C@@]1(C(=O)[N-]c2ccc(Cl)cc2C(=N[C@H](CCC(=O)O)C(=O)O)c2ccccc2)CCCN1Cc1ccc(Cl)c(Cl)c1.C[C@@]1(C(=O)[N-]c2ccc(Cl)cc2C(=N[C@H](Cc2c[nH]c3ccccc23)C(=O)O)c2ccccc2)CCCN1Cc1ccc(Cl)c(Cl)c1.[Ni].[Ni].[Ni]. The summed E-state index contributed by atoms with van der Waals surface area (Å²) >= 11 is 56.4. The number of para-hydroxylation sites is 1. The molecule has 3 aliphatic rings. The summed E-state index contributed by atoms with van der Waals surface area (Å²) in [5, 5.41) is 58.1. The molecular formula is C101H94Cl9N10Ni3O11-3. The summed E-state index contributed by atoms with van der Waals surface area (Å²) in [6.07, 6.45) is 7.80. The molecule has 14 rings (SSSR count). The molecule has 0 bridgehead atoms. The van der Waals surface area contributed by atoms with Crippen LogP contribution in [-0.2, 0) is 109 Å². The van der Waals surface area contributed by atoms with E-state index in [1.807, 2.05) is 162 Å². The number of benzene rings is 10. The van der Waals surface area contributed by atoms with Gasteiger partial charge < -0.3 is 55.7 Å². The van der Waals surface area contributed by atoms with Crippen molar-refractivity contribution in [3.05, 3.63) is 359 Å². The zero-order valence-corrected chi connectivity index (χ0v) is 82.9. The monoisotopic (exact) mass is 2110 g/mol. The van der Waals surface area contributed by atoms with E-state index in [1.54, 1.807) is 109 Å². The van der Waals surface area contributed by atoms with Crippen LogP contribution in [0, 0.1) is 0 Å². The number of fused-ring (bicyclic) bond motifs is 1. The number of rotatable bonds is 31. The van der Waals surface area contributed by atoms with E-state index in [0.717, 1.165) is 71.1 Å². The van der Waals surface area contributed by atoms with Crippen LogP contribution in [0.2, 0.25) is 45.2 Å². The van der Waals surface area contributed by atoms with Crippen molar-refractivity contribution in [3.63, 3.8) is 0 Å². The van der Waals surface area contributed by atoms with Crippen molar-refractivity contribution in [2.24, 2.45) is 15.0 Å². The summed E-state index contributed by atoms with van der Waals surface area (Å²) < 4.78 is 0. The maximum Gasteiger partial charge on any atom is 0.328 e. The Hall–Kier alpha value is -9.25. The molecule has 0 unspecified atom stereocenters. The minimum Gasteiger partial charge on any atom is -0.625 e. The van der Waals surface area contributed by atoms with Gasteiger partial charge in [-0.25, -0.2) is 14.4 Å². The number of aromatic nitrogens is 1. The molecule has 0 radical (unpaired) electrons. The maximum absolute atomic E-state index is 14.1. The molecule has 0 aliphatic carbocycles. The average Bonchev–Trinajstić information content (AvgIpc) is 1.71. The number of carboxylic acids is 4. The molecule has 10 aromatic carbocycles. The Bertz CT molecular complexity index is 6200. The number of carbonyl (C=O) groups is 7. The van der Waals surface area contributed by atoms with Gasteiger partial charge in [0.15, 0.2) is 12.1 Å². The largest absolute Gasteiger partial charge is 0.625 e. The zero-order chi connectivity index (χ0) is 94.0. The second-order valence-electron chi connectivity index (χ2n) is 33.0. The Morgan fingerprint density at radius 1 is 0.410 bits per heavy atom. The van der Waals surface area contributed by atoms with Gasteiger partial charge in [-0.05, 0) is 223 Å². The fraction of sp³-hybridized carbons (Fsp3) is 0.267. The summed E-state index contributed by atoms with van der Waals surface area (Å²) in [7, 11) is 0. The van der Waals surface area contributed by atoms with E-state index in [4.69, 9.17) is 119 Å². The first kappa shape index (κ1) is 108. The summed E-state index contributed by atoms with van der Waals surface area (Å²) in [4.78, 5) is 114. The minimum atomic E-state index is -1.34. The molecule has 710 valence electrons. The fourth-order valence-electron chi connectivity index (χ4n) is 16.1. The summed E-state index contributed by atoms with van der Waals surface area (Å²) in [5.74, 6) is -5.48.